The lowest BCUT2D eigenvalue weighted by Crippen LogP contribution is -2.08. The zero-order chi connectivity index (χ0) is 12.4. The largest absolute Gasteiger partial charge is 0.378 e. The van der Waals surface area contributed by atoms with Crippen LogP contribution in [0, 0.1) is 11.6 Å². The van der Waals surface area contributed by atoms with Gasteiger partial charge in [-0.3, -0.25) is 0 Å². The van der Waals surface area contributed by atoms with Crippen LogP contribution in [0.2, 0.25) is 0 Å². The van der Waals surface area contributed by atoms with Gasteiger partial charge in [0, 0.05) is 31.4 Å². The Morgan fingerprint density at radius 2 is 1.71 bits per heavy atom. The molecular formula is C14H13F2N. The van der Waals surface area contributed by atoms with Crippen LogP contribution in [0.1, 0.15) is 0 Å². The van der Waals surface area contributed by atoms with Gasteiger partial charge in [-0.05, 0) is 29.8 Å². The van der Waals surface area contributed by atoms with Crippen LogP contribution in [0.25, 0.3) is 11.1 Å². The van der Waals surface area contributed by atoms with E-state index in [2.05, 4.69) is 0 Å². The molecule has 0 heterocycles. The fourth-order valence-electron chi connectivity index (χ4n) is 1.68. The Morgan fingerprint density at radius 1 is 0.941 bits per heavy atom. The number of rotatable bonds is 2. The summed E-state index contributed by atoms with van der Waals surface area (Å²) in [4.78, 5) is 1.94. The fourth-order valence-corrected chi connectivity index (χ4v) is 1.68. The van der Waals surface area contributed by atoms with Gasteiger partial charge in [0.25, 0.3) is 0 Å². The van der Waals surface area contributed by atoms with E-state index in [0.29, 0.717) is 5.56 Å². The van der Waals surface area contributed by atoms with Gasteiger partial charge in [-0.25, -0.2) is 8.78 Å². The average Bonchev–Trinajstić information content (AvgIpc) is 2.29. The molecule has 2 aromatic carbocycles. The van der Waals surface area contributed by atoms with Crippen molar-refractivity contribution in [3.05, 3.63) is 54.1 Å². The highest BCUT2D eigenvalue weighted by Gasteiger charge is 2.07. The first-order chi connectivity index (χ1) is 8.08. The van der Waals surface area contributed by atoms with Crippen LogP contribution in [-0.2, 0) is 0 Å². The van der Waals surface area contributed by atoms with Gasteiger partial charge in [0.1, 0.15) is 11.6 Å². The minimum atomic E-state index is -0.560. The number of halogens is 2. The van der Waals surface area contributed by atoms with Gasteiger partial charge < -0.3 is 4.90 Å². The minimum absolute atomic E-state index is 0.412. The molecule has 0 radical (unpaired) electrons. The summed E-state index contributed by atoms with van der Waals surface area (Å²) >= 11 is 0. The summed E-state index contributed by atoms with van der Waals surface area (Å²) in [5.74, 6) is -1.10. The van der Waals surface area contributed by atoms with Gasteiger partial charge in [0.2, 0.25) is 0 Å². The predicted molar refractivity (Wildman–Crippen MR) is 66.1 cm³/mol. The summed E-state index contributed by atoms with van der Waals surface area (Å²) in [6.45, 7) is 0. The van der Waals surface area contributed by atoms with Crippen molar-refractivity contribution in [3.8, 4) is 11.1 Å². The monoisotopic (exact) mass is 233 g/mol. The Hall–Kier alpha value is -1.90. The Balaban J connectivity index is 2.49. The topological polar surface area (TPSA) is 3.24 Å². The second kappa shape index (κ2) is 4.53. The summed E-state index contributed by atoms with van der Waals surface area (Å²) in [7, 11) is 3.83. The van der Waals surface area contributed by atoms with Gasteiger partial charge in [-0.1, -0.05) is 12.1 Å². The maximum Gasteiger partial charge on any atom is 0.133 e. The van der Waals surface area contributed by atoms with E-state index >= 15 is 0 Å². The summed E-state index contributed by atoms with van der Waals surface area (Å²) < 4.78 is 26.4. The Labute approximate surface area is 99.3 Å². The lowest BCUT2D eigenvalue weighted by Gasteiger charge is -2.13. The van der Waals surface area contributed by atoms with Gasteiger partial charge in [0.05, 0.1) is 0 Å². The average molecular weight is 233 g/mol. The number of nitrogens with zero attached hydrogens (tertiary/aromatic N) is 1. The first-order valence-corrected chi connectivity index (χ1v) is 5.31. The Morgan fingerprint density at radius 3 is 2.35 bits per heavy atom. The van der Waals surface area contributed by atoms with Crippen molar-refractivity contribution in [1.82, 2.24) is 0 Å². The van der Waals surface area contributed by atoms with E-state index in [9.17, 15) is 8.78 Å². The minimum Gasteiger partial charge on any atom is -0.378 e. The molecule has 17 heavy (non-hydrogen) atoms. The first kappa shape index (κ1) is 11.6. The number of benzene rings is 2. The maximum absolute atomic E-state index is 13.6. The van der Waals surface area contributed by atoms with E-state index in [1.54, 1.807) is 0 Å². The van der Waals surface area contributed by atoms with Gasteiger partial charge >= 0.3 is 0 Å². The molecule has 0 aromatic heterocycles. The van der Waals surface area contributed by atoms with Crippen LogP contribution < -0.4 is 4.90 Å². The third-order valence-corrected chi connectivity index (χ3v) is 2.60. The second-order valence-corrected chi connectivity index (χ2v) is 4.07. The Kier molecular flexibility index (Phi) is 3.09. The molecule has 0 aliphatic heterocycles. The highest BCUT2D eigenvalue weighted by molar-refractivity contribution is 5.68. The molecule has 1 nitrogen and oxygen atoms in total. The first-order valence-electron chi connectivity index (χ1n) is 5.31. The van der Waals surface area contributed by atoms with Crippen LogP contribution in [-0.4, -0.2) is 14.1 Å². The molecule has 3 heteroatoms. The van der Waals surface area contributed by atoms with E-state index in [1.165, 1.54) is 12.1 Å². The molecule has 0 saturated carbocycles. The predicted octanol–water partition coefficient (Wildman–Crippen LogP) is 3.70. The smallest absolute Gasteiger partial charge is 0.133 e. The van der Waals surface area contributed by atoms with Gasteiger partial charge in [-0.15, -0.1) is 0 Å². The number of hydrogen-bond donors (Lipinski definition) is 0. The highest BCUT2D eigenvalue weighted by Crippen LogP contribution is 2.26. The standard InChI is InChI=1S/C14H13F2N/c1-17(2)12-5-3-4-10(8-12)13-7-6-11(15)9-14(13)16/h3-9H,1-2H3. The summed E-state index contributed by atoms with van der Waals surface area (Å²) in [5.41, 5.74) is 2.13. The molecule has 0 atom stereocenters. The summed E-state index contributed by atoms with van der Waals surface area (Å²) in [6.07, 6.45) is 0. The van der Waals surface area contributed by atoms with Gasteiger partial charge in [0.15, 0.2) is 0 Å². The van der Waals surface area contributed by atoms with Crippen LogP contribution in [0.15, 0.2) is 42.5 Å². The van der Waals surface area contributed by atoms with Crippen molar-refractivity contribution in [2.24, 2.45) is 0 Å². The number of hydrogen-bond acceptors (Lipinski definition) is 1. The van der Waals surface area contributed by atoms with E-state index in [1.807, 2.05) is 43.3 Å². The highest BCUT2D eigenvalue weighted by atomic mass is 19.1. The molecule has 0 aliphatic rings. The summed E-state index contributed by atoms with van der Waals surface area (Å²) in [6, 6.07) is 11.1. The fraction of sp³-hybridized carbons (Fsp3) is 0.143. The second-order valence-electron chi connectivity index (χ2n) is 4.07. The molecule has 0 amide bonds. The normalized spacial score (nSPS) is 10.4. The number of anilines is 1. The van der Waals surface area contributed by atoms with Crippen molar-refractivity contribution in [2.75, 3.05) is 19.0 Å². The van der Waals surface area contributed by atoms with Crippen LogP contribution >= 0.6 is 0 Å². The van der Waals surface area contributed by atoms with Crippen molar-refractivity contribution in [2.45, 2.75) is 0 Å². The van der Waals surface area contributed by atoms with Crippen LogP contribution in [0.3, 0.4) is 0 Å². The molecule has 0 saturated heterocycles. The van der Waals surface area contributed by atoms with E-state index in [-0.39, 0.29) is 0 Å². The lowest BCUT2D eigenvalue weighted by atomic mass is 10.0. The molecule has 88 valence electrons. The van der Waals surface area contributed by atoms with Crippen LogP contribution in [0.4, 0.5) is 14.5 Å². The van der Waals surface area contributed by atoms with Crippen molar-refractivity contribution in [1.29, 1.82) is 0 Å². The molecule has 2 aromatic rings. The zero-order valence-corrected chi connectivity index (χ0v) is 9.74. The van der Waals surface area contributed by atoms with E-state index < -0.39 is 11.6 Å². The molecule has 0 bridgehead atoms. The summed E-state index contributed by atoms with van der Waals surface area (Å²) in [5, 5.41) is 0. The molecule has 0 spiro atoms. The SMILES string of the molecule is CN(C)c1cccc(-c2ccc(F)cc2F)c1. The van der Waals surface area contributed by atoms with Crippen LogP contribution in [0.5, 0.6) is 0 Å². The quantitative estimate of drug-likeness (QED) is 0.764. The van der Waals surface area contributed by atoms with Crippen molar-refractivity contribution in [3.63, 3.8) is 0 Å². The van der Waals surface area contributed by atoms with E-state index in [4.69, 9.17) is 0 Å². The third kappa shape index (κ3) is 2.44. The molecule has 0 unspecified atom stereocenters. The molecule has 2 rings (SSSR count). The maximum atomic E-state index is 13.6. The third-order valence-electron chi connectivity index (χ3n) is 2.60. The molecule has 0 fully saturated rings. The van der Waals surface area contributed by atoms with Gasteiger partial charge in [-0.2, -0.15) is 0 Å². The van der Waals surface area contributed by atoms with E-state index in [0.717, 1.165) is 17.3 Å². The van der Waals surface area contributed by atoms with Crippen molar-refractivity contribution < 1.29 is 8.78 Å². The molecule has 0 N–H and O–H groups in total. The lowest BCUT2D eigenvalue weighted by molar-refractivity contribution is 0.585. The zero-order valence-electron chi connectivity index (χ0n) is 9.74. The van der Waals surface area contributed by atoms with Crippen molar-refractivity contribution >= 4 is 5.69 Å². The Bertz CT molecular complexity index is 535. The molecule has 0 aliphatic carbocycles. The molecular weight excluding hydrogens is 220 g/mol.